The normalized spacial score (nSPS) is 11.2. The van der Waals surface area contributed by atoms with Crippen LogP contribution in [0.4, 0.5) is 0 Å². The highest BCUT2D eigenvalue weighted by molar-refractivity contribution is 5.64. The summed E-state index contributed by atoms with van der Waals surface area (Å²) in [6.45, 7) is 4.68. The van der Waals surface area contributed by atoms with E-state index >= 15 is 0 Å². The van der Waals surface area contributed by atoms with Crippen molar-refractivity contribution in [2.24, 2.45) is 0 Å². The Labute approximate surface area is 259 Å². The lowest BCUT2D eigenvalue weighted by Crippen LogP contribution is -2.23. The molecule has 6 aromatic rings. The van der Waals surface area contributed by atoms with Crippen molar-refractivity contribution < 1.29 is 0 Å². The van der Waals surface area contributed by atoms with Gasteiger partial charge in [0.2, 0.25) is 0 Å². The molecule has 0 amide bonds. The molecule has 0 bridgehead atoms. The lowest BCUT2D eigenvalue weighted by Gasteiger charge is -2.22. The summed E-state index contributed by atoms with van der Waals surface area (Å²) in [5, 5.41) is 0. The summed E-state index contributed by atoms with van der Waals surface area (Å²) in [5.41, 5.74) is 9.16. The SMILES string of the molecule is c1ccc(CN(Cc2ccc(-c3ccc(CN(Cc4ccccn4)Cc4ccccn4)cc3)cc2)Cc2ccccn2)nc1. The molecule has 0 radical (unpaired) electrons. The second-order valence-corrected chi connectivity index (χ2v) is 11.0. The smallest absolute Gasteiger partial charge is 0.0544 e. The van der Waals surface area contributed by atoms with E-state index in [1.807, 2.05) is 73.3 Å². The molecular weight excluding hydrogens is 540 g/mol. The van der Waals surface area contributed by atoms with Gasteiger partial charge in [0.1, 0.15) is 0 Å². The fourth-order valence-corrected chi connectivity index (χ4v) is 5.34. The van der Waals surface area contributed by atoms with Crippen molar-refractivity contribution in [3.05, 3.63) is 180 Å². The second kappa shape index (κ2) is 14.9. The monoisotopic (exact) mass is 576 g/mol. The van der Waals surface area contributed by atoms with Gasteiger partial charge >= 0.3 is 0 Å². The molecule has 2 aromatic carbocycles. The van der Waals surface area contributed by atoms with Crippen LogP contribution in [0.1, 0.15) is 33.9 Å². The van der Waals surface area contributed by atoms with Crippen molar-refractivity contribution in [1.29, 1.82) is 0 Å². The van der Waals surface area contributed by atoms with Crippen LogP contribution in [0.15, 0.2) is 146 Å². The summed E-state index contributed by atoms with van der Waals surface area (Å²) in [6.07, 6.45) is 7.42. The highest BCUT2D eigenvalue weighted by atomic mass is 15.1. The average Bonchev–Trinajstić information content (AvgIpc) is 3.07. The first-order valence-electron chi connectivity index (χ1n) is 15.0. The van der Waals surface area contributed by atoms with Crippen LogP contribution < -0.4 is 0 Å². The van der Waals surface area contributed by atoms with E-state index in [0.717, 1.165) is 62.0 Å². The van der Waals surface area contributed by atoms with E-state index in [4.69, 9.17) is 0 Å². The number of rotatable bonds is 13. The first kappa shape index (κ1) is 29.1. The molecule has 0 aliphatic carbocycles. The van der Waals surface area contributed by atoms with Gasteiger partial charge in [-0.15, -0.1) is 0 Å². The Bertz CT molecular complexity index is 1460. The Kier molecular flexibility index (Phi) is 9.85. The molecular formula is C38H36N6. The lowest BCUT2D eigenvalue weighted by atomic mass is 10.0. The van der Waals surface area contributed by atoms with Crippen LogP contribution in [0.25, 0.3) is 11.1 Å². The zero-order valence-electron chi connectivity index (χ0n) is 24.8. The van der Waals surface area contributed by atoms with E-state index in [-0.39, 0.29) is 0 Å². The van der Waals surface area contributed by atoms with Crippen molar-refractivity contribution in [1.82, 2.24) is 29.7 Å². The number of nitrogens with zero attached hydrogens (tertiary/aromatic N) is 6. The highest BCUT2D eigenvalue weighted by Crippen LogP contribution is 2.23. The number of hydrogen-bond donors (Lipinski definition) is 0. The predicted molar refractivity (Wildman–Crippen MR) is 175 cm³/mol. The molecule has 0 aliphatic heterocycles. The van der Waals surface area contributed by atoms with Crippen LogP contribution in [-0.4, -0.2) is 29.7 Å². The third kappa shape index (κ3) is 8.51. The molecule has 0 spiro atoms. The summed E-state index contributed by atoms with van der Waals surface area (Å²) in [5.74, 6) is 0. The maximum Gasteiger partial charge on any atom is 0.0544 e. The van der Waals surface area contributed by atoms with Crippen molar-refractivity contribution in [2.45, 2.75) is 39.3 Å². The number of hydrogen-bond acceptors (Lipinski definition) is 6. The van der Waals surface area contributed by atoms with Crippen molar-refractivity contribution in [2.75, 3.05) is 0 Å². The van der Waals surface area contributed by atoms with Gasteiger partial charge in [0.15, 0.2) is 0 Å². The molecule has 0 unspecified atom stereocenters. The summed E-state index contributed by atoms with van der Waals surface area (Å²) in [7, 11) is 0. The van der Waals surface area contributed by atoms with Gasteiger partial charge in [-0.05, 0) is 70.8 Å². The molecule has 4 aromatic heterocycles. The van der Waals surface area contributed by atoms with Gasteiger partial charge < -0.3 is 0 Å². The Morgan fingerprint density at radius 2 is 0.614 bits per heavy atom. The minimum atomic E-state index is 0.762. The highest BCUT2D eigenvalue weighted by Gasteiger charge is 2.12. The summed E-state index contributed by atoms with van der Waals surface area (Å²) in [4.78, 5) is 23.0. The quantitative estimate of drug-likeness (QED) is 0.143. The molecule has 6 nitrogen and oxygen atoms in total. The van der Waals surface area contributed by atoms with E-state index in [0.29, 0.717) is 0 Å². The molecule has 0 atom stereocenters. The first-order chi connectivity index (χ1) is 21.8. The molecule has 0 saturated carbocycles. The maximum atomic E-state index is 4.55. The Morgan fingerprint density at radius 1 is 0.318 bits per heavy atom. The third-order valence-electron chi connectivity index (χ3n) is 7.50. The van der Waals surface area contributed by atoms with Crippen LogP contribution in [0, 0.1) is 0 Å². The van der Waals surface area contributed by atoms with E-state index in [2.05, 4.69) is 103 Å². The maximum absolute atomic E-state index is 4.55. The largest absolute Gasteiger partial charge is 0.287 e. The van der Waals surface area contributed by atoms with Gasteiger partial charge in [-0.25, -0.2) is 0 Å². The van der Waals surface area contributed by atoms with Gasteiger partial charge in [0.05, 0.1) is 22.8 Å². The fourth-order valence-electron chi connectivity index (χ4n) is 5.34. The molecule has 6 heteroatoms. The van der Waals surface area contributed by atoms with E-state index in [9.17, 15) is 0 Å². The van der Waals surface area contributed by atoms with Crippen LogP contribution in [-0.2, 0) is 39.3 Å². The molecule has 0 saturated heterocycles. The predicted octanol–water partition coefficient (Wildman–Crippen LogP) is 7.34. The van der Waals surface area contributed by atoms with E-state index < -0.39 is 0 Å². The molecule has 4 heterocycles. The van der Waals surface area contributed by atoms with Crippen molar-refractivity contribution in [3.63, 3.8) is 0 Å². The Balaban J connectivity index is 1.12. The standard InChI is InChI=1S/C38H36N6/c1-5-21-39-35(9-1)27-43(28-36-10-2-6-22-40-36)25-31-13-17-33(18-14-31)34-19-15-32(16-20-34)26-44(29-37-11-3-7-23-41-37)30-38-12-4-8-24-42-38/h1-24H,25-30H2. The van der Waals surface area contributed by atoms with Gasteiger partial charge in [-0.2, -0.15) is 0 Å². The van der Waals surface area contributed by atoms with Crippen LogP contribution in [0.2, 0.25) is 0 Å². The summed E-state index contributed by atoms with van der Waals surface area (Å²) >= 11 is 0. The molecule has 218 valence electrons. The average molecular weight is 577 g/mol. The number of aromatic nitrogens is 4. The molecule has 6 rings (SSSR count). The van der Waals surface area contributed by atoms with Crippen molar-refractivity contribution in [3.8, 4) is 11.1 Å². The Hall–Kier alpha value is -5.04. The first-order valence-corrected chi connectivity index (χ1v) is 15.0. The van der Waals surface area contributed by atoms with Gasteiger partial charge in [-0.1, -0.05) is 72.8 Å². The minimum absolute atomic E-state index is 0.762. The number of pyridine rings is 4. The zero-order valence-corrected chi connectivity index (χ0v) is 24.8. The van der Waals surface area contributed by atoms with E-state index in [1.54, 1.807) is 0 Å². The fraction of sp³-hybridized carbons (Fsp3) is 0.158. The molecule has 0 fully saturated rings. The zero-order chi connectivity index (χ0) is 29.8. The van der Waals surface area contributed by atoms with Gasteiger partial charge in [-0.3, -0.25) is 29.7 Å². The lowest BCUT2D eigenvalue weighted by molar-refractivity contribution is 0.241. The topological polar surface area (TPSA) is 58.0 Å². The van der Waals surface area contributed by atoms with Crippen molar-refractivity contribution >= 4 is 0 Å². The summed E-state index contributed by atoms with van der Waals surface area (Å²) in [6, 6.07) is 42.1. The second-order valence-electron chi connectivity index (χ2n) is 11.0. The van der Waals surface area contributed by atoms with Crippen LogP contribution >= 0.6 is 0 Å². The molecule has 0 aliphatic rings. The third-order valence-corrected chi connectivity index (χ3v) is 7.50. The molecule has 0 N–H and O–H groups in total. The number of benzene rings is 2. The van der Waals surface area contributed by atoms with Gasteiger partial charge in [0.25, 0.3) is 0 Å². The van der Waals surface area contributed by atoms with E-state index in [1.165, 1.54) is 22.3 Å². The van der Waals surface area contributed by atoms with Crippen LogP contribution in [0.5, 0.6) is 0 Å². The minimum Gasteiger partial charge on any atom is -0.287 e. The van der Waals surface area contributed by atoms with Crippen LogP contribution in [0.3, 0.4) is 0 Å². The Morgan fingerprint density at radius 3 is 0.864 bits per heavy atom. The summed E-state index contributed by atoms with van der Waals surface area (Å²) < 4.78 is 0. The molecule has 44 heavy (non-hydrogen) atoms. The van der Waals surface area contributed by atoms with Gasteiger partial charge in [0, 0.05) is 64.1 Å².